The molecule has 0 amide bonds. The van der Waals surface area contributed by atoms with Crippen molar-refractivity contribution in [2.24, 2.45) is 21.7 Å². The normalized spacial score (nSPS) is 29.5. The molecular weight excluding hydrogens is 156 g/mol. The van der Waals surface area contributed by atoms with Gasteiger partial charge in [-0.25, -0.2) is 0 Å². The molecule has 0 aliphatic heterocycles. The van der Waals surface area contributed by atoms with Gasteiger partial charge in [-0.05, 0) is 28.1 Å². The Labute approximate surface area is 84.1 Å². The molecule has 0 spiro atoms. The van der Waals surface area contributed by atoms with Crippen LogP contribution in [0.1, 0.15) is 61.8 Å². The monoisotopic (exact) mass is 182 g/mol. The van der Waals surface area contributed by atoms with Crippen LogP contribution in [0.4, 0.5) is 0 Å². The standard InChI is InChI=1S/C13H26/c1-10(2,3)13(8)11(4,5)9-12(13,6)7/h9H2,1-8H3. The molecule has 0 unspecified atom stereocenters. The van der Waals surface area contributed by atoms with Gasteiger partial charge in [0, 0.05) is 0 Å². The van der Waals surface area contributed by atoms with E-state index in [1.165, 1.54) is 6.42 Å². The van der Waals surface area contributed by atoms with Crippen molar-refractivity contribution in [3.63, 3.8) is 0 Å². The zero-order chi connectivity index (χ0) is 10.7. The van der Waals surface area contributed by atoms with E-state index in [-0.39, 0.29) is 0 Å². The molecule has 0 heteroatoms. The molecule has 0 nitrogen and oxygen atoms in total. The zero-order valence-corrected chi connectivity index (χ0v) is 10.7. The van der Waals surface area contributed by atoms with Gasteiger partial charge in [0.1, 0.15) is 0 Å². The Morgan fingerprint density at radius 3 is 1.15 bits per heavy atom. The van der Waals surface area contributed by atoms with Gasteiger partial charge in [0.25, 0.3) is 0 Å². The van der Waals surface area contributed by atoms with Crippen LogP contribution in [0, 0.1) is 21.7 Å². The van der Waals surface area contributed by atoms with Crippen molar-refractivity contribution in [1.29, 1.82) is 0 Å². The molecule has 0 aromatic carbocycles. The first-order chi connectivity index (χ1) is 5.46. The third kappa shape index (κ3) is 1.10. The molecule has 0 atom stereocenters. The van der Waals surface area contributed by atoms with Gasteiger partial charge >= 0.3 is 0 Å². The molecule has 1 fully saturated rings. The van der Waals surface area contributed by atoms with Crippen LogP contribution in [0.5, 0.6) is 0 Å². The second-order valence-corrected chi connectivity index (χ2v) is 7.32. The largest absolute Gasteiger partial charge is 0.0596 e. The third-order valence-electron chi connectivity index (χ3n) is 5.09. The Morgan fingerprint density at radius 2 is 1.08 bits per heavy atom. The molecule has 0 saturated heterocycles. The molecule has 1 aliphatic rings. The van der Waals surface area contributed by atoms with E-state index in [2.05, 4.69) is 55.4 Å². The molecule has 0 heterocycles. The fraction of sp³-hybridized carbons (Fsp3) is 1.00. The zero-order valence-electron chi connectivity index (χ0n) is 10.7. The number of rotatable bonds is 0. The van der Waals surface area contributed by atoms with E-state index in [0.29, 0.717) is 21.7 Å². The highest BCUT2D eigenvalue weighted by molar-refractivity contribution is 5.14. The fourth-order valence-corrected chi connectivity index (χ4v) is 4.30. The lowest BCUT2D eigenvalue weighted by atomic mass is 9.33. The summed E-state index contributed by atoms with van der Waals surface area (Å²) in [5.41, 5.74) is 1.84. The van der Waals surface area contributed by atoms with E-state index < -0.39 is 0 Å². The number of hydrogen-bond donors (Lipinski definition) is 0. The molecule has 0 bridgehead atoms. The first-order valence-electron chi connectivity index (χ1n) is 5.46. The Hall–Kier alpha value is 0. The summed E-state index contributed by atoms with van der Waals surface area (Å²) in [6.45, 7) is 19.3. The van der Waals surface area contributed by atoms with Crippen molar-refractivity contribution in [2.45, 2.75) is 61.8 Å². The minimum atomic E-state index is 0.401. The quantitative estimate of drug-likeness (QED) is 0.517. The van der Waals surface area contributed by atoms with E-state index >= 15 is 0 Å². The van der Waals surface area contributed by atoms with Crippen LogP contribution in [-0.4, -0.2) is 0 Å². The lowest BCUT2D eigenvalue weighted by Gasteiger charge is -2.72. The molecular formula is C13H26. The molecule has 78 valence electrons. The molecule has 1 rings (SSSR count). The Kier molecular flexibility index (Phi) is 1.98. The van der Waals surface area contributed by atoms with Crippen LogP contribution in [0.3, 0.4) is 0 Å². The Balaban J connectivity index is 3.12. The summed E-state index contributed by atoms with van der Waals surface area (Å²) < 4.78 is 0. The van der Waals surface area contributed by atoms with Crippen LogP contribution in [0.25, 0.3) is 0 Å². The smallest absolute Gasteiger partial charge is 0.0174 e. The minimum Gasteiger partial charge on any atom is -0.0596 e. The SMILES string of the molecule is CC(C)(C)C1(C)C(C)(C)CC1(C)C. The van der Waals surface area contributed by atoms with Gasteiger partial charge < -0.3 is 0 Å². The highest BCUT2D eigenvalue weighted by Gasteiger charge is 2.66. The topological polar surface area (TPSA) is 0 Å². The first kappa shape index (κ1) is 11.1. The molecule has 0 N–H and O–H groups in total. The summed E-state index contributed by atoms with van der Waals surface area (Å²) in [5, 5.41) is 0. The molecule has 0 radical (unpaired) electrons. The summed E-state index contributed by atoms with van der Waals surface area (Å²) in [5.74, 6) is 0. The summed E-state index contributed by atoms with van der Waals surface area (Å²) in [7, 11) is 0. The van der Waals surface area contributed by atoms with Crippen molar-refractivity contribution < 1.29 is 0 Å². The predicted molar refractivity (Wildman–Crippen MR) is 59.7 cm³/mol. The molecule has 1 saturated carbocycles. The fourth-order valence-electron chi connectivity index (χ4n) is 4.30. The minimum absolute atomic E-state index is 0.401. The Bertz CT molecular complexity index is 181. The van der Waals surface area contributed by atoms with Gasteiger partial charge in [-0.15, -0.1) is 0 Å². The predicted octanol–water partition coefficient (Wildman–Crippen LogP) is 4.49. The van der Waals surface area contributed by atoms with E-state index in [9.17, 15) is 0 Å². The third-order valence-corrected chi connectivity index (χ3v) is 5.09. The van der Waals surface area contributed by atoms with Crippen LogP contribution < -0.4 is 0 Å². The van der Waals surface area contributed by atoms with E-state index in [1.807, 2.05) is 0 Å². The Morgan fingerprint density at radius 1 is 0.769 bits per heavy atom. The second-order valence-electron chi connectivity index (χ2n) is 7.32. The van der Waals surface area contributed by atoms with Crippen molar-refractivity contribution in [3.05, 3.63) is 0 Å². The lowest BCUT2D eigenvalue weighted by molar-refractivity contribution is -0.231. The van der Waals surface area contributed by atoms with E-state index in [4.69, 9.17) is 0 Å². The van der Waals surface area contributed by atoms with Crippen molar-refractivity contribution in [3.8, 4) is 0 Å². The van der Waals surface area contributed by atoms with E-state index in [0.717, 1.165) is 0 Å². The van der Waals surface area contributed by atoms with Crippen molar-refractivity contribution in [1.82, 2.24) is 0 Å². The van der Waals surface area contributed by atoms with Crippen LogP contribution in [0.15, 0.2) is 0 Å². The summed E-state index contributed by atoms with van der Waals surface area (Å²) in [6.07, 6.45) is 1.35. The van der Waals surface area contributed by atoms with Crippen molar-refractivity contribution >= 4 is 0 Å². The van der Waals surface area contributed by atoms with Gasteiger partial charge in [-0.1, -0.05) is 55.4 Å². The summed E-state index contributed by atoms with van der Waals surface area (Å²) in [6, 6.07) is 0. The molecule has 1 aliphatic carbocycles. The van der Waals surface area contributed by atoms with Crippen LogP contribution in [-0.2, 0) is 0 Å². The maximum Gasteiger partial charge on any atom is -0.0174 e. The highest BCUT2D eigenvalue weighted by atomic mass is 14.7. The molecule has 13 heavy (non-hydrogen) atoms. The highest BCUT2D eigenvalue weighted by Crippen LogP contribution is 2.73. The van der Waals surface area contributed by atoms with Gasteiger partial charge in [0.15, 0.2) is 0 Å². The van der Waals surface area contributed by atoms with Crippen molar-refractivity contribution in [2.75, 3.05) is 0 Å². The average molecular weight is 182 g/mol. The maximum atomic E-state index is 2.47. The van der Waals surface area contributed by atoms with Gasteiger partial charge in [-0.3, -0.25) is 0 Å². The summed E-state index contributed by atoms with van der Waals surface area (Å²) >= 11 is 0. The second kappa shape index (κ2) is 2.32. The van der Waals surface area contributed by atoms with Crippen LogP contribution >= 0.6 is 0 Å². The lowest BCUT2D eigenvalue weighted by Crippen LogP contribution is -2.64. The van der Waals surface area contributed by atoms with Crippen LogP contribution in [0.2, 0.25) is 0 Å². The average Bonchev–Trinajstić information content (AvgIpc) is 1.80. The van der Waals surface area contributed by atoms with E-state index in [1.54, 1.807) is 0 Å². The maximum absolute atomic E-state index is 2.47. The number of hydrogen-bond acceptors (Lipinski definition) is 0. The first-order valence-corrected chi connectivity index (χ1v) is 5.46. The van der Waals surface area contributed by atoms with Gasteiger partial charge in [-0.2, -0.15) is 0 Å². The molecule has 0 aromatic rings. The van der Waals surface area contributed by atoms with Gasteiger partial charge in [0.2, 0.25) is 0 Å². The summed E-state index contributed by atoms with van der Waals surface area (Å²) in [4.78, 5) is 0. The molecule has 0 aromatic heterocycles. The van der Waals surface area contributed by atoms with Gasteiger partial charge in [0.05, 0.1) is 0 Å².